The molecule has 42 heavy (non-hydrogen) atoms. The Hall–Kier alpha value is -5.06. The number of imide groups is 1. The van der Waals surface area contributed by atoms with Crippen molar-refractivity contribution in [2.45, 2.75) is 0 Å². The molecule has 4 heteroatoms. The maximum atomic E-state index is 13.7. The van der Waals surface area contributed by atoms with Gasteiger partial charge in [0.25, 0.3) is 11.8 Å². The Kier molecular flexibility index (Phi) is 6.61. The fraction of sp³-hybridized carbons (Fsp3) is 0. The molecule has 0 atom stereocenters. The molecule has 0 saturated heterocycles. The summed E-state index contributed by atoms with van der Waals surface area (Å²) >= 11 is 3.56. The van der Waals surface area contributed by atoms with E-state index in [0.29, 0.717) is 22.2 Å². The highest BCUT2D eigenvalue weighted by atomic mass is 79.9. The number of carbonyl (C=O) groups excluding carboxylic acids is 2. The Morgan fingerprint density at radius 1 is 0.452 bits per heavy atom. The first-order valence-corrected chi connectivity index (χ1v) is 14.5. The maximum absolute atomic E-state index is 13.7. The number of rotatable bonds is 5. The monoisotopic (exact) mass is 605 g/mol. The summed E-state index contributed by atoms with van der Waals surface area (Å²) in [6.45, 7) is 0. The van der Waals surface area contributed by atoms with Gasteiger partial charge in [-0.2, -0.15) is 0 Å². The highest BCUT2D eigenvalue weighted by molar-refractivity contribution is 9.10. The molecule has 1 aliphatic heterocycles. The first-order valence-electron chi connectivity index (χ1n) is 13.7. The number of anilines is 1. The molecule has 0 saturated carbocycles. The van der Waals surface area contributed by atoms with Crippen molar-refractivity contribution >= 4 is 55.4 Å². The summed E-state index contributed by atoms with van der Waals surface area (Å²) in [6.07, 6.45) is 0. The van der Waals surface area contributed by atoms with E-state index in [0.717, 1.165) is 43.3 Å². The van der Waals surface area contributed by atoms with E-state index in [1.807, 2.05) is 72.8 Å². The first-order chi connectivity index (χ1) is 20.6. The van der Waals surface area contributed by atoms with Crippen molar-refractivity contribution in [3.8, 4) is 0 Å². The molecule has 6 aromatic rings. The van der Waals surface area contributed by atoms with E-state index in [2.05, 4.69) is 76.6 Å². The topological polar surface area (TPSA) is 37.4 Å². The van der Waals surface area contributed by atoms with E-state index in [4.69, 9.17) is 0 Å². The maximum Gasteiger partial charge on any atom is 0.265 e. The van der Waals surface area contributed by atoms with Gasteiger partial charge in [-0.1, -0.05) is 131 Å². The van der Waals surface area contributed by atoms with Crippen molar-refractivity contribution in [2.24, 2.45) is 0 Å². The molecule has 0 radical (unpaired) electrons. The molecule has 3 nitrogen and oxygen atoms in total. The average molecular weight is 607 g/mol. The standard InChI is InChI=1S/C38H24BrNO2/c39-33-24-23-32-36-30(33)17-10-18-31(36)37(41)40(38(32)42)29-21-19-28(20-22-29)35(27-15-8-3-9-16-27)34(25-11-4-1-5-12-25)26-13-6-2-7-14-26/h1-24H. The van der Waals surface area contributed by atoms with Gasteiger partial charge in [0.1, 0.15) is 0 Å². The second-order valence-corrected chi connectivity index (χ2v) is 11.0. The van der Waals surface area contributed by atoms with Crippen LogP contribution in [0.2, 0.25) is 0 Å². The Morgan fingerprint density at radius 3 is 1.40 bits per heavy atom. The van der Waals surface area contributed by atoms with Gasteiger partial charge in [-0.15, -0.1) is 0 Å². The summed E-state index contributed by atoms with van der Waals surface area (Å²) in [5, 5.41) is 1.55. The van der Waals surface area contributed by atoms with Gasteiger partial charge in [0, 0.05) is 21.0 Å². The van der Waals surface area contributed by atoms with E-state index in [1.54, 1.807) is 12.1 Å². The number of hydrogen-bond donors (Lipinski definition) is 0. The molecular formula is C38H24BrNO2. The fourth-order valence-corrected chi connectivity index (χ4v) is 6.26. The summed E-state index contributed by atoms with van der Waals surface area (Å²) in [5.74, 6) is -0.644. The van der Waals surface area contributed by atoms with Crippen molar-refractivity contribution in [1.29, 1.82) is 0 Å². The van der Waals surface area contributed by atoms with Crippen LogP contribution in [-0.2, 0) is 0 Å². The zero-order chi connectivity index (χ0) is 28.6. The van der Waals surface area contributed by atoms with Gasteiger partial charge >= 0.3 is 0 Å². The summed E-state index contributed by atoms with van der Waals surface area (Å²) in [5.41, 5.74) is 8.00. The Bertz CT molecular complexity index is 1930. The highest BCUT2D eigenvalue weighted by Gasteiger charge is 2.34. The van der Waals surface area contributed by atoms with Crippen LogP contribution in [0.3, 0.4) is 0 Å². The van der Waals surface area contributed by atoms with Crippen LogP contribution in [0.15, 0.2) is 150 Å². The predicted octanol–water partition coefficient (Wildman–Crippen LogP) is 9.41. The van der Waals surface area contributed by atoms with Gasteiger partial charge in [-0.05, 0) is 69.1 Å². The minimum absolute atomic E-state index is 0.322. The Balaban J connectivity index is 1.39. The van der Waals surface area contributed by atoms with Gasteiger partial charge in [0.15, 0.2) is 0 Å². The van der Waals surface area contributed by atoms with Crippen molar-refractivity contribution < 1.29 is 9.59 Å². The zero-order valence-corrected chi connectivity index (χ0v) is 24.1. The first kappa shape index (κ1) is 25.9. The fourth-order valence-electron chi connectivity index (χ4n) is 5.80. The second kappa shape index (κ2) is 10.7. The van der Waals surface area contributed by atoms with Crippen LogP contribution in [-0.4, -0.2) is 11.8 Å². The summed E-state index contributed by atoms with van der Waals surface area (Å²) in [7, 11) is 0. The lowest BCUT2D eigenvalue weighted by atomic mass is 9.85. The molecule has 0 unspecified atom stereocenters. The molecule has 0 N–H and O–H groups in total. The highest BCUT2D eigenvalue weighted by Crippen LogP contribution is 2.39. The number of nitrogens with zero attached hydrogens (tertiary/aromatic N) is 1. The van der Waals surface area contributed by atoms with Gasteiger partial charge in [0.05, 0.1) is 5.69 Å². The minimum atomic E-state index is -0.322. The lowest BCUT2D eigenvalue weighted by Crippen LogP contribution is -2.40. The predicted molar refractivity (Wildman–Crippen MR) is 174 cm³/mol. The lowest BCUT2D eigenvalue weighted by Gasteiger charge is -2.27. The quantitative estimate of drug-likeness (QED) is 0.145. The molecule has 6 aromatic carbocycles. The molecule has 7 rings (SSSR count). The van der Waals surface area contributed by atoms with Gasteiger partial charge in [-0.3, -0.25) is 9.59 Å². The third-order valence-electron chi connectivity index (χ3n) is 7.71. The van der Waals surface area contributed by atoms with Crippen molar-refractivity contribution in [2.75, 3.05) is 4.90 Å². The molecule has 0 spiro atoms. The van der Waals surface area contributed by atoms with E-state index in [1.165, 1.54) is 4.90 Å². The van der Waals surface area contributed by atoms with Crippen molar-refractivity contribution in [1.82, 2.24) is 0 Å². The van der Waals surface area contributed by atoms with Crippen molar-refractivity contribution in [3.05, 3.63) is 183 Å². The van der Waals surface area contributed by atoms with Crippen molar-refractivity contribution in [3.63, 3.8) is 0 Å². The molecule has 0 aromatic heterocycles. The minimum Gasteiger partial charge on any atom is -0.268 e. The van der Waals surface area contributed by atoms with Crippen LogP contribution in [0.25, 0.3) is 21.9 Å². The molecule has 0 aliphatic carbocycles. The molecule has 0 fully saturated rings. The number of halogens is 1. The van der Waals surface area contributed by atoms with Crippen LogP contribution < -0.4 is 4.90 Å². The lowest BCUT2D eigenvalue weighted by molar-refractivity contribution is 0.0893. The molecule has 1 heterocycles. The zero-order valence-electron chi connectivity index (χ0n) is 22.5. The molecule has 200 valence electrons. The largest absolute Gasteiger partial charge is 0.268 e. The SMILES string of the molecule is O=C1c2cccc3c(Br)ccc(c23)C(=O)N1c1ccc(C(=C(c2ccccc2)c2ccccc2)c2ccccc2)cc1. The van der Waals surface area contributed by atoms with Crippen LogP contribution in [0.5, 0.6) is 0 Å². The Labute approximate surface area is 252 Å². The van der Waals surface area contributed by atoms with Crippen LogP contribution >= 0.6 is 15.9 Å². The van der Waals surface area contributed by atoms with E-state index < -0.39 is 0 Å². The van der Waals surface area contributed by atoms with E-state index in [-0.39, 0.29) is 11.8 Å². The Morgan fingerprint density at radius 2 is 0.905 bits per heavy atom. The third kappa shape index (κ3) is 4.37. The smallest absolute Gasteiger partial charge is 0.265 e. The van der Waals surface area contributed by atoms with Gasteiger partial charge in [-0.25, -0.2) is 4.90 Å². The van der Waals surface area contributed by atoms with Gasteiger partial charge in [0.2, 0.25) is 0 Å². The van der Waals surface area contributed by atoms with Gasteiger partial charge < -0.3 is 0 Å². The number of amides is 2. The number of benzene rings is 6. The van der Waals surface area contributed by atoms with Crippen LogP contribution in [0.1, 0.15) is 43.0 Å². The van der Waals surface area contributed by atoms with E-state index in [9.17, 15) is 9.59 Å². The molecule has 0 bridgehead atoms. The normalized spacial score (nSPS) is 12.5. The molecule has 2 amide bonds. The van der Waals surface area contributed by atoms with Crippen LogP contribution in [0, 0.1) is 0 Å². The second-order valence-electron chi connectivity index (χ2n) is 10.2. The molecular weight excluding hydrogens is 582 g/mol. The molecule has 1 aliphatic rings. The van der Waals surface area contributed by atoms with Crippen LogP contribution in [0.4, 0.5) is 5.69 Å². The number of carbonyl (C=O) groups is 2. The third-order valence-corrected chi connectivity index (χ3v) is 8.40. The summed E-state index contributed by atoms with van der Waals surface area (Å²) < 4.78 is 0.856. The van der Waals surface area contributed by atoms with E-state index >= 15 is 0 Å². The average Bonchev–Trinajstić information content (AvgIpc) is 3.05. The summed E-state index contributed by atoms with van der Waals surface area (Å²) in [6, 6.07) is 48.0. The number of hydrogen-bond acceptors (Lipinski definition) is 2. The summed E-state index contributed by atoms with van der Waals surface area (Å²) in [4.78, 5) is 28.7.